The van der Waals surface area contributed by atoms with Gasteiger partial charge >= 0.3 is 12.4 Å². The molecule has 162 valence electrons. The summed E-state index contributed by atoms with van der Waals surface area (Å²) >= 11 is 1.45. The third-order valence-corrected chi connectivity index (χ3v) is 6.93. The van der Waals surface area contributed by atoms with E-state index in [9.17, 15) is 31.4 Å². The predicted octanol–water partition coefficient (Wildman–Crippen LogP) is 5.23. The number of thioether (sulfide) groups is 1. The molecule has 0 bridgehead atoms. The van der Waals surface area contributed by atoms with E-state index in [0.717, 1.165) is 24.3 Å². The molecule has 2 saturated heterocycles. The molecule has 0 aliphatic carbocycles. The van der Waals surface area contributed by atoms with Crippen LogP contribution in [0.2, 0.25) is 0 Å². The monoisotopic (exact) mass is 449 g/mol. The number of rotatable bonds is 3. The molecule has 4 rings (SSSR count). The van der Waals surface area contributed by atoms with Crippen LogP contribution in [0.25, 0.3) is 0 Å². The van der Waals surface area contributed by atoms with Crippen molar-refractivity contribution >= 4 is 11.8 Å². The van der Waals surface area contributed by atoms with E-state index in [2.05, 4.69) is 0 Å². The second-order valence-electron chi connectivity index (χ2n) is 7.36. The molecule has 0 saturated carbocycles. The average Bonchev–Trinajstić information content (AvgIpc) is 3.24. The summed E-state index contributed by atoms with van der Waals surface area (Å²) in [5.41, 5.74) is -1.22. The lowest BCUT2D eigenvalue weighted by Gasteiger charge is -2.34. The first-order chi connectivity index (χ1) is 14.0. The largest absolute Gasteiger partial charge is 0.416 e. The molecule has 3 atom stereocenters. The van der Waals surface area contributed by atoms with Crippen LogP contribution in [-0.4, -0.2) is 34.5 Å². The van der Waals surface area contributed by atoms with Gasteiger partial charge in [-0.1, -0.05) is 24.3 Å². The molecule has 3 nitrogen and oxygen atoms in total. The van der Waals surface area contributed by atoms with Gasteiger partial charge in [0, 0.05) is 5.75 Å². The van der Waals surface area contributed by atoms with E-state index < -0.39 is 40.6 Å². The molecular formula is C20H17F6NO2S. The van der Waals surface area contributed by atoms with Crippen LogP contribution in [0.3, 0.4) is 0 Å². The maximum absolute atomic E-state index is 12.9. The number of ether oxygens (including phenoxy) is 1. The number of fused-ring (bicyclic) bond motifs is 1. The number of alkyl halides is 6. The van der Waals surface area contributed by atoms with Gasteiger partial charge in [-0.25, -0.2) is 4.90 Å². The van der Waals surface area contributed by atoms with Gasteiger partial charge in [-0.3, -0.25) is 0 Å². The Balaban J connectivity index is 1.66. The molecule has 2 aliphatic rings. The molecule has 0 amide bonds. The summed E-state index contributed by atoms with van der Waals surface area (Å²) in [6.45, 7) is -0.0758. The summed E-state index contributed by atoms with van der Waals surface area (Å²) in [6, 6.07) is 9.35. The molecule has 0 spiro atoms. The predicted molar refractivity (Wildman–Crippen MR) is 98.4 cm³/mol. The lowest BCUT2D eigenvalue weighted by Crippen LogP contribution is -2.47. The highest BCUT2D eigenvalue weighted by Crippen LogP contribution is 2.55. The molecule has 30 heavy (non-hydrogen) atoms. The van der Waals surface area contributed by atoms with E-state index in [1.165, 1.54) is 36.0 Å². The van der Waals surface area contributed by atoms with Crippen LogP contribution >= 0.6 is 11.8 Å². The molecular weight excluding hydrogens is 432 g/mol. The van der Waals surface area contributed by atoms with Crippen molar-refractivity contribution in [3.8, 4) is 0 Å². The maximum Gasteiger partial charge on any atom is 0.416 e. The summed E-state index contributed by atoms with van der Waals surface area (Å²) < 4.78 is 83.1. The minimum atomic E-state index is -4.46. The van der Waals surface area contributed by atoms with E-state index in [-0.39, 0.29) is 13.2 Å². The lowest BCUT2D eigenvalue weighted by atomic mass is 10.0. The Morgan fingerprint density at radius 1 is 0.900 bits per heavy atom. The topological polar surface area (TPSA) is 32.7 Å². The Morgan fingerprint density at radius 3 is 1.87 bits per heavy atom. The van der Waals surface area contributed by atoms with Gasteiger partial charge < -0.3 is 9.84 Å². The van der Waals surface area contributed by atoms with Gasteiger partial charge in [0.05, 0.1) is 35.3 Å². The van der Waals surface area contributed by atoms with Crippen LogP contribution in [0.1, 0.15) is 33.9 Å². The first-order valence-electron chi connectivity index (χ1n) is 9.02. The quantitative estimate of drug-likeness (QED) is 0.651. The van der Waals surface area contributed by atoms with Crippen LogP contribution in [0.5, 0.6) is 0 Å². The Morgan fingerprint density at radius 2 is 1.40 bits per heavy atom. The van der Waals surface area contributed by atoms with Crippen molar-refractivity contribution in [1.29, 1.82) is 0 Å². The third-order valence-electron chi connectivity index (χ3n) is 5.41. The van der Waals surface area contributed by atoms with Gasteiger partial charge in [0.2, 0.25) is 0 Å². The Bertz CT molecular complexity index is 828. The van der Waals surface area contributed by atoms with Crippen LogP contribution in [0, 0.1) is 0 Å². The lowest BCUT2D eigenvalue weighted by molar-refractivity contribution is -0.138. The number of hydrogen-bond donors (Lipinski definition) is 1. The second kappa shape index (κ2) is 7.44. The normalized spacial score (nSPS) is 27.4. The van der Waals surface area contributed by atoms with Crippen LogP contribution in [0.4, 0.5) is 26.3 Å². The molecule has 0 aromatic heterocycles. The minimum Gasteiger partial charge on any atom is -0.394 e. The van der Waals surface area contributed by atoms with Gasteiger partial charge in [0.25, 0.3) is 0 Å². The van der Waals surface area contributed by atoms with E-state index in [0.29, 0.717) is 16.9 Å². The zero-order chi connectivity index (χ0) is 21.7. The number of halogens is 6. The Labute approximate surface area is 172 Å². The molecule has 2 aliphatic heterocycles. The smallest absolute Gasteiger partial charge is 0.394 e. The van der Waals surface area contributed by atoms with Crippen molar-refractivity contribution in [2.75, 3.05) is 19.0 Å². The van der Waals surface area contributed by atoms with Crippen molar-refractivity contribution in [1.82, 2.24) is 4.90 Å². The number of benzene rings is 2. The van der Waals surface area contributed by atoms with Gasteiger partial charge in [-0.15, -0.1) is 11.8 Å². The van der Waals surface area contributed by atoms with Crippen LogP contribution in [0.15, 0.2) is 48.5 Å². The fourth-order valence-corrected chi connectivity index (χ4v) is 5.44. The molecule has 2 heterocycles. The Kier molecular flexibility index (Phi) is 5.32. The summed E-state index contributed by atoms with van der Waals surface area (Å²) in [6.07, 6.45) is -9.63. The number of aliphatic hydroxyl groups is 1. The number of aliphatic hydroxyl groups excluding tert-OH is 1. The van der Waals surface area contributed by atoms with E-state index in [1.54, 1.807) is 0 Å². The van der Waals surface area contributed by atoms with E-state index in [1.807, 2.05) is 4.90 Å². The maximum atomic E-state index is 12.9. The fraction of sp³-hybridized carbons (Fsp3) is 0.400. The summed E-state index contributed by atoms with van der Waals surface area (Å²) in [4.78, 5) is 1.85. The van der Waals surface area contributed by atoms with Gasteiger partial charge in [0.1, 0.15) is 6.23 Å². The van der Waals surface area contributed by atoms with Crippen molar-refractivity contribution in [3.05, 3.63) is 70.8 Å². The fourth-order valence-electron chi connectivity index (χ4n) is 3.80. The van der Waals surface area contributed by atoms with Gasteiger partial charge in [-0.2, -0.15) is 26.3 Å². The number of nitrogens with zero attached hydrogens (tertiary/aromatic N) is 1. The first-order valence-corrected chi connectivity index (χ1v) is 10.1. The van der Waals surface area contributed by atoms with Crippen molar-refractivity contribution in [2.24, 2.45) is 0 Å². The highest BCUT2D eigenvalue weighted by Gasteiger charge is 2.56. The SMILES string of the molecule is OC[C@@]12CO[C@@H](c3ccc(C(F)(F)F)cc3)N1[C@@H](c1ccc(C(F)(F)F)cc1)SC2. The average molecular weight is 449 g/mol. The van der Waals surface area contributed by atoms with Crippen LogP contribution in [-0.2, 0) is 17.1 Å². The first kappa shape index (κ1) is 21.5. The second-order valence-corrected chi connectivity index (χ2v) is 8.42. The zero-order valence-corrected chi connectivity index (χ0v) is 16.2. The van der Waals surface area contributed by atoms with Gasteiger partial charge in [0.15, 0.2) is 0 Å². The molecule has 1 N–H and O–H groups in total. The molecule has 0 radical (unpaired) electrons. The molecule has 2 aromatic carbocycles. The standard InChI is InChI=1S/C20H17F6NO2S/c21-19(22,23)14-5-1-12(2-6-14)16-27-17(30-11-18(27,9-28)10-29-16)13-3-7-15(8-4-13)20(24,25)26/h1-8,16-17,28H,9-11H2/t16-,17+,18-/m0/s1. The Hall–Kier alpha value is -1.75. The minimum absolute atomic E-state index is 0.166. The highest BCUT2D eigenvalue weighted by atomic mass is 32.2. The zero-order valence-electron chi connectivity index (χ0n) is 15.4. The molecule has 0 unspecified atom stereocenters. The highest BCUT2D eigenvalue weighted by molar-refractivity contribution is 7.99. The summed E-state index contributed by atoms with van der Waals surface area (Å²) in [5, 5.41) is 9.62. The van der Waals surface area contributed by atoms with Crippen molar-refractivity contribution in [3.63, 3.8) is 0 Å². The third kappa shape index (κ3) is 3.70. The van der Waals surface area contributed by atoms with Crippen molar-refractivity contribution in [2.45, 2.75) is 29.5 Å². The molecule has 2 fully saturated rings. The molecule has 10 heteroatoms. The van der Waals surface area contributed by atoms with E-state index in [4.69, 9.17) is 4.74 Å². The van der Waals surface area contributed by atoms with Crippen molar-refractivity contribution < 1.29 is 36.2 Å². The summed E-state index contributed by atoms with van der Waals surface area (Å²) in [5.74, 6) is 0.478. The number of hydrogen-bond acceptors (Lipinski definition) is 4. The summed E-state index contributed by atoms with van der Waals surface area (Å²) in [7, 11) is 0. The van der Waals surface area contributed by atoms with Gasteiger partial charge in [-0.05, 0) is 35.4 Å². The van der Waals surface area contributed by atoms with E-state index >= 15 is 0 Å². The van der Waals surface area contributed by atoms with Crippen LogP contribution < -0.4 is 0 Å². The molecule has 2 aromatic rings.